The predicted molar refractivity (Wildman–Crippen MR) is 51.2 cm³/mol. The monoisotopic (exact) mass is 185 g/mol. The van der Waals surface area contributed by atoms with Crippen molar-refractivity contribution in [2.24, 2.45) is 11.8 Å². The zero-order valence-corrected chi connectivity index (χ0v) is 8.34. The van der Waals surface area contributed by atoms with Crippen LogP contribution in [0, 0.1) is 11.8 Å². The minimum absolute atomic E-state index is 0.261. The zero-order chi connectivity index (χ0) is 8.97. The summed E-state index contributed by atoms with van der Waals surface area (Å²) in [6.45, 7) is 4.53. The standard InChI is InChI=1S/C9H15NOS/c1-7(2)8(6-11)5-9-10-3-4-12-9/h3-4,7-8,11H,5-6H2,1-2H3. The highest BCUT2D eigenvalue weighted by atomic mass is 32.1. The molecule has 12 heavy (non-hydrogen) atoms. The van der Waals surface area contributed by atoms with Crippen LogP contribution >= 0.6 is 11.3 Å². The fourth-order valence-corrected chi connectivity index (χ4v) is 1.80. The Kier molecular flexibility index (Phi) is 3.69. The first-order chi connectivity index (χ1) is 5.74. The number of aromatic nitrogens is 1. The van der Waals surface area contributed by atoms with Gasteiger partial charge >= 0.3 is 0 Å². The molecule has 0 saturated carbocycles. The van der Waals surface area contributed by atoms with Gasteiger partial charge in [0.2, 0.25) is 0 Å². The Labute approximate surface area is 77.3 Å². The third-order valence-corrected chi connectivity index (χ3v) is 2.90. The molecule has 1 N–H and O–H groups in total. The Morgan fingerprint density at radius 2 is 2.33 bits per heavy atom. The highest BCUT2D eigenvalue weighted by Crippen LogP contribution is 2.17. The van der Waals surface area contributed by atoms with Crippen molar-refractivity contribution in [3.8, 4) is 0 Å². The van der Waals surface area contributed by atoms with E-state index in [1.807, 2.05) is 11.6 Å². The van der Waals surface area contributed by atoms with E-state index >= 15 is 0 Å². The summed E-state index contributed by atoms with van der Waals surface area (Å²) in [7, 11) is 0. The van der Waals surface area contributed by atoms with Gasteiger partial charge in [-0.25, -0.2) is 4.98 Å². The third-order valence-electron chi connectivity index (χ3n) is 2.10. The average molecular weight is 185 g/mol. The predicted octanol–water partition coefficient (Wildman–Crippen LogP) is 1.95. The van der Waals surface area contributed by atoms with Gasteiger partial charge in [0.25, 0.3) is 0 Å². The first-order valence-electron chi connectivity index (χ1n) is 4.23. The topological polar surface area (TPSA) is 33.1 Å². The first-order valence-corrected chi connectivity index (χ1v) is 5.11. The summed E-state index contributed by atoms with van der Waals surface area (Å²) in [4.78, 5) is 4.19. The van der Waals surface area contributed by atoms with Crippen molar-refractivity contribution in [3.05, 3.63) is 16.6 Å². The molecule has 0 aliphatic heterocycles. The molecule has 1 rings (SSSR count). The second-order valence-corrected chi connectivity index (χ2v) is 4.30. The maximum absolute atomic E-state index is 9.07. The summed E-state index contributed by atoms with van der Waals surface area (Å²) in [6.07, 6.45) is 2.72. The van der Waals surface area contributed by atoms with Gasteiger partial charge in [0.05, 0.1) is 5.01 Å². The number of hydrogen-bond acceptors (Lipinski definition) is 3. The number of rotatable bonds is 4. The van der Waals surface area contributed by atoms with E-state index in [0.717, 1.165) is 11.4 Å². The molecule has 0 fully saturated rings. The van der Waals surface area contributed by atoms with Gasteiger partial charge in [-0.3, -0.25) is 0 Å². The second-order valence-electron chi connectivity index (χ2n) is 3.32. The Balaban J connectivity index is 2.48. The highest BCUT2D eigenvalue weighted by Gasteiger charge is 2.13. The number of hydrogen-bond donors (Lipinski definition) is 1. The fraction of sp³-hybridized carbons (Fsp3) is 0.667. The number of aliphatic hydroxyl groups excluding tert-OH is 1. The molecule has 1 aromatic rings. The van der Waals surface area contributed by atoms with Crippen LogP contribution in [0.4, 0.5) is 0 Å². The van der Waals surface area contributed by atoms with Crippen molar-refractivity contribution < 1.29 is 5.11 Å². The minimum Gasteiger partial charge on any atom is -0.396 e. The molecule has 0 spiro atoms. The van der Waals surface area contributed by atoms with E-state index in [0.29, 0.717) is 11.8 Å². The largest absolute Gasteiger partial charge is 0.396 e. The summed E-state index contributed by atoms with van der Waals surface area (Å²) in [5.74, 6) is 0.884. The normalized spacial score (nSPS) is 13.7. The smallest absolute Gasteiger partial charge is 0.0928 e. The van der Waals surface area contributed by atoms with E-state index in [1.165, 1.54) is 0 Å². The Morgan fingerprint density at radius 3 is 2.75 bits per heavy atom. The summed E-state index contributed by atoms with van der Waals surface area (Å²) in [5.41, 5.74) is 0. The van der Waals surface area contributed by atoms with Gasteiger partial charge in [0, 0.05) is 24.6 Å². The van der Waals surface area contributed by atoms with E-state index in [4.69, 9.17) is 5.11 Å². The summed E-state index contributed by atoms with van der Waals surface area (Å²) in [6, 6.07) is 0. The second kappa shape index (κ2) is 4.58. The molecule has 1 unspecified atom stereocenters. The fourth-order valence-electron chi connectivity index (χ4n) is 1.09. The molecular weight excluding hydrogens is 170 g/mol. The lowest BCUT2D eigenvalue weighted by Crippen LogP contribution is -2.15. The number of nitrogens with zero attached hydrogens (tertiary/aromatic N) is 1. The summed E-state index contributed by atoms with van der Waals surface area (Å²) >= 11 is 1.66. The van der Waals surface area contributed by atoms with E-state index in [1.54, 1.807) is 11.3 Å². The quantitative estimate of drug-likeness (QED) is 0.777. The van der Waals surface area contributed by atoms with Gasteiger partial charge in [0.1, 0.15) is 0 Å². The van der Waals surface area contributed by atoms with Gasteiger partial charge in [-0.15, -0.1) is 11.3 Å². The van der Waals surface area contributed by atoms with Crippen molar-refractivity contribution in [1.82, 2.24) is 4.98 Å². The van der Waals surface area contributed by atoms with Crippen molar-refractivity contribution in [3.63, 3.8) is 0 Å². The molecule has 0 saturated heterocycles. The van der Waals surface area contributed by atoms with Crippen molar-refractivity contribution in [2.75, 3.05) is 6.61 Å². The zero-order valence-electron chi connectivity index (χ0n) is 7.53. The third kappa shape index (κ3) is 2.57. The number of aliphatic hydroxyl groups is 1. The van der Waals surface area contributed by atoms with Gasteiger partial charge in [-0.2, -0.15) is 0 Å². The van der Waals surface area contributed by atoms with Crippen LogP contribution in [0.15, 0.2) is 11.6 Å². The van der Waals surface area contributed by atoms with Crippen LogP contribution in [0.3, 0.4) is 0 Å². The van der Waals surface area contributed by atoms with Gasteiger partial charge < -0.3 is 5.11 Å². The molecule has 1 aromatic heterocycles. The Morgan fingerprint density at radius 1 is 1.58 bits per heavy atom. The maximum Gasteiger partial charge on any atom is 0.0928 e. The Bertz CT molecular complexity index is 208. The van der Waals surface area contributed by atoms with Gasteiger partial charge in [0.15, 0.2) is 0 Å². The average Bonchev–Trinajstić information content (AvgIpc) is 2.51. The lowest BCUT2D eigenvalue weighted by atomic mass is 9.94. The van der Waals surface area contributed by atoms with Crippen LogP contribution in [0.25, 0.3) is 0 Å². The molecule has 1 heterocycles. The summed E-state index contributed by atoms with van der Waals surface area (Å²) < 4.78 is 0. The van der Waals surface area contributed by atoms with Crippen LogP contribution in [-0.2, 0) is 6.42 Å². The molecule has 0 bridgehead atoms. The molecule has 0 aliphatic rings. The lowest BCUT2D eigenvalue weighted by molar-refractivity contribution is 0.189. The molecule has 3 heteroatoms. The van der Waals surface area contributed by atoms with Crippen molar-refractivity contribution in [1.29, 1.82) is 0 Å². The lowest BCUT2D eigenvalue weighted by Gasteiger charge is -2.16. The van der Waals surface area contributed by atoms with Crippen LogP contribution in [-0.4, -0.2) is 16.7 Å². The first kappa shape index (κ1) is 9.68. The maximum atomic E-state index is 9.07. The molecule has 1 atom stereocenters. The molecule has 0 aliphatic carbocycles. The minimum atomic E-state index is 0.261. The van der Waals surface area contributed by atoms with Gasteiger partial charge in [-0.05, 0) is 11.8 Å². The Hall–Kier alpha value is -0.410. The van der Waals surface area contributed by atoms with Crippen LogP contribution < -0.4 is 0 Å². The summed E-state index contributed by atoms with van der Waals surface area (Å²) in [5, 5.41) is 12.2. The molecular formula is C9H15NOS. The van der Waals surface area contributed by atoms with Crippen LogP contribution in [0.1, 0.15) is 18.9 Å². The SMILES string of the molecule is CC(C)C(CO)Cc1nccs1. The molecule has 0 aromatic carbocycles. The van der Waals surface area contributed by atoms with E-state index in [2.05, 4.69) is 18.8 Å². The molecule has 2 nitrogen and oxygen atoms in total. The van der Waals surface area contributed by atoms with E-state index in [9.17, 15) is 0 Å². The van der Waals surface area contributed by atoms with Crippen molar-refractivity contribution >= 4 is 11.3 Å². The van der Waals surface area contributed by atoms with E-state index < -0.39 is 0 Å². The molecule has 68 valence electrons. The highest BCUT2D eigenvalue weighted by molar-refractivity contribution is 7.09. The van der Waals surface area contributed by atoms with Crippen molar-refractivity contribution in [2.45, 2.75) is 20.3 Å². The van der Waals surface area contributed by atoms with Gasteiger partial charge in [-0.1, -0.05) is 13.8 Å². The molecule has 0 amide bonds. The number of thiazole rings is 1. The molecule has 0 radical (unpaired) electrons. The van der Waals surface area contributed by atoms with Crippen LogP contribution in [0.2, 0.25) is 0 Å². The van der Waals surface area contributed by atoms with E-state index in [-0.39, 0.29) is 6.61 Å². The van der Waals surface area contributed by atoms with Crippen LogP contribution in [0.5, 0.6) is 0 Å².